The number of alkyl halides is 6. The first-order chi connectivity index (χ1) is 17.6. The lowest BCUT2D eigenvalue weighted by molar-refractivity contribution is -0.257. The van der Waals surface area contributed by atoms with Crippen molar-refractivity contribution in [3.63, 3.8) is 0 Å². The summed E-state index contributed by atoms with van der Waals surface area (Å²) in [6.45, 7) is 15.6. The number of fused-ring (bicyclic) bond motifs is 8. The molecule has 0 saturated heterocycles. The molecule has 4 aliphatic rings. The largest absolute Gasteiger partial charge is 0.380 e. The Hall–Kier alpha value is -1.80. The van der Waals surface area contributed by atoms with Gasteiger partial charge in [-0.1, -0.05) is 65.8 Å². The summed E-state index contributed by atoms with van der Waals surface area (Å²) in [5.74, 6) is -15.6. The molecule has 0 N–H and O–H groups in total. The molecule has 0 aromatic heterocycles. The molecule has 2 atom stereocenters. The predicted molar refractivity (Wildman–Crippen MR) is 147 cm³/mol. The predicted octanol–water partition coefficient (Wildman–Crippen LogP) is 10.2. The number of benzene rings is 2. The van der Waals surface area contributed by atoms with Gasteiger partial charge in [0.15, 0.2) is 0 Å². The second kappa shape index (κ2) is 7.33. The van der Waals surface area contributed by atoms with E-state index >= 15 is 26.3 Å². The number of allylic oxidation sites excluding steroid dienone is 2. The fraction of sp³-hybridized carbons (Fsp3) is 0.484. The van der Waals surface area contributed by atoms with Crippen LogP contribution in [0, 0.1) is 0 Å². The lowest BCUT2D eigenvalue weighted by atomic mass is 9.68. The van der Waals surface area contributed by atoms with Crippen LogP contribution in [0.4, 0.5) is 26.3 Å². The maximum atomic E-state index is 15.8. The van der Waals surface area contributed by atoms with Crippen molar-refractivity contribution in [2.45, 2.75) is 103 Å². The maximum absolute atomic E-state index is 15.8. The normalized spacial score (nSPS) is 29.7. The van der Waals surface area contributed by atoms with Crippen molar-refractivity contribution < 1.29 is 26.3 Å². The zero-order valence-electron chi connectivity index (χ0n) is 23.0. The average Bonchev–Trinajstić information content (AvgIpc) is 3.30. The van der Waals surface area contributed by atoms with Crippen LogP contribution < -0.4 is 0 Å². The number of halogens is 6. The SMILES string of the molecule is CC(C)(C)c1ccc2c(c1)SC1(C)C2=C2C(=C3c4ccc(C(C)(C)C)cc4SC31C)C(F)(F)C(F)(F)C2(F)F. The minimum atomic E-state index is -5.56. The molecule has 2 aliphatic carbocycles. The van der Waals surface area contributed by atoms with Crippen molar-refractivity contribution in [1.82, 2.24) is 0 Å². The summed E-state index contributed by atoms with van der Waals surface area (Å²) in [5.41, 5.74) is -0.515. The molecular formula is C31H30F6S2. The molecule has 2 aromatic rings. The molecule has 2 aliphatic heterocycles. The van der Waals surface area contributed by atoms with Crippen LogP contribution in [0.2, 0.25) is 0 Å². The van der Waals surface area contributed by atoms with Gasteiger partial charge in [-0.15, -0.1) is 23.5 Å². The van der Waals surface area contributed by atoms with E-state index in [0.717, 1.165) is 11.1 Å². The van der Waals surface area contributed by atoms with Crippen LogP contribution in [0.15, 0.2) is 57.3 Å². The van der Waals surface area contributed by atoms with Crippen LogP contribution in [0.3, 0.4) is 0 Å². The van der Waals surface area contributed by atoms with Gasteiger partial charge in [0, 0.05) is 20.9 Å². The zero-order valence-corrected chi connectivity index (χ0v) is 24.7. The quantitative estimate of drug-likeness (QED) is 0.284. The number of hydrogen-bond acceptors (Lipinski definition) is 2. The Labute approximate surface area is 233 Å². The summed E-state index contributed by atoms with van der Waals surface area (Å²) < 4.78 is 91.0. The van der Waals surface area contributed by atoms with Crippen molar-refractivity contribution >= 4 is 34.7 Å². The van der Waals surface area contributed by atoms with E-state index in [1.807, 2.05) is 53.7 Å². The van der Waals surface area contributed by atoms with Gasteiger partial charge < -0.3 is 0 Å². The van der Waals surface area contributed by atoms with Crippen molar-refractivity contribution in [1.29, 1.82) is 0 Å². The molecule has 0 radical (unpaired) electrons. The van der Waals surface area contributed by atoms with Gasteiger partial charge in [0.1, 0.15) is 0 Å². The lowest BCUT2D eigenvalue weighted by Crippen LogP contribution is -2.47. The van der Waals surface area contributed by atoms with Crippen LogP contribution in [0.25, 0.3) is 11.1 Å². The van der Waals surface area contributed by atoms with Gasteiger partial charge in [-0.2, -0.15) is 26.3 Å². The molecule has 0 amide bonds. The van der Waals surface area contributed by atoms with Gasteiger partial charge in [0.05, 0.1) is 9.49 Å². The molecule has 8 heteroatoms. The van der Waals surface area contributed by atoms with Crippen molar-refractivity contribution in [3.8, 4) is 0 Å². The van der Waals surface area contributed by atoms with E-state index in [-0.39, 0.29) is 22.0 Å². The Balaban J connectivity index is 1.74. The Morgan fingerprint density at radius 1 is 0.538 bits per heavy atom. The molecule has 0 bridgehead atoms. The van der Waals surface area contributed by atoms with Crippen LogP contribution in [-0.2, 0) is 10.8 Å². The minimum Gasteiger partial charge on any atom is -0.194 e. The monoisotopic (exact) mass is 580 g/mol. The molecule has 1 fully saturated rings. The molecule has 2 heterocycles. The van der Waals surface area contributed by atoms with Crippen molar-refractivity contribution in [2.75, 3.05) is 0 Å². The van der Waals surface area contributed by atoms with E-state index in [9.17, 15) is 0 Å². The molecular weight excluding hydrogens is 550 g/mol. The van der Waals surface area contributed by atoms with Gasteiger partial charge >= 0.3 is 17.8 Å². The molecule has 6 rings (SSSR count). The van der Waals surface area contributed by atoms with Crippen LogP contribution >= 0.6 is 23.5 Å². The fourth-order valence-electron chi connectivity index (χ4n) is 6.42. The van der Waals surface area contributed by atoms with Crippen LogP contribution in [0.1, 0.15) is 77.6 Å². The third-order valence-corrected chi connectivity index (χ3v) is 12.2. The number of rotatable bonds is 0. The van der Waals surface area contributed by atoms with Crippen molar-refractivity contribution in [3.05, 3.63) is 69.8 Å². The summed E-state index contributed by atoms with van der Waals surface area (Å²) in [7, 11) is 0. The van der Waals surface area contributed by atoms with Gasteiger partial charge in [-0.3, -0.25) is 0 Å². The first-order valence-electron chi connectivity index (χ1n) is 12.9. The fourth-order valence-corrected chi connectivity index (χ4v) is 9.71. The minimum absolute atomic E-state index is 0.0950. The van der Waals surface area contributed by atoms with E-state index in [0.29, 0.717) is 20.9 Å². The highest BCUT2D eigenvalue weighted by atomic mass is 32.2. The van der Waals surface area contributed by atoms with Gasteiger partial charge in [-0.05, 0) is 70.2 Å². The summed E-state index contributed by atoms with van der Waals surface area (Å²) >= 11 is 2.64. The van der Waals surface area contributed by atoms with E-state index in [1.54, 1.807) is 38.1 Å². The standard InChI is InChI=1S/C31H30F6S2/c1-25(2,3)15-9-11-17-19(13-15)38-27(7)21(17)23-24(30(34,35)31(36,37)29(23,32)33)22-18-12-10-16(26(4,5)6)14-20(18)39-28(22,27)8/h9-14H,1-8H3. The number of hydrogen-bond donors (Lipinski definition) is 0. The summed E-state index contributed by atoms with van der Waals surface area (Å²) in [6, 6.07) is 10.7. The van der Waals surface area contributed by atoms with Crippen LogP contribution in [-0.4, -0.2) is 27.3 Å². The Kier molecular flexibility index (Phi) is 5.15. The Morgan fingerprint density at radius 2 is 0.872 bits per heavy atom. The topological polar surface area (TPSA) is 0 Å². The van der Waals surface area contributed by atoms with Crippen molar-refractivity contribution in [2.24, 2.45) is 0 Å². The number of thioether (sulfide) groups is 2. The molecule has 0 nitrogen and oxygen atoms in total. The lowest BCUT2D eigenvalue weighted by Gasteiger charge is -2.47. The molecule has 39 heavy (non-hydrogen) atoms. The Morgan fingerprint density at radius 3 is 1.18 bits per heavy atom. The first-order valence-corrected chi connectivity index (χ1v) is 14.6. The molecule has 208 valence electrons. The molecule has 1 saturated carbocycles. The highest BCUT2D eigenvalue weighted by molar-refractivity contribution is 8.06. The van der Waals surface area contributed by atoms with Gasteiger partial charge in [0.2, 0.25) is 0 Å². The van der Waals surface area contributed by atoms with Crippen LogP contribution in [0.5, 0.6) is 0 Å². The second-order valence-electron chi connectivity index (χ2n) is 13.4. The third kappa shape index (κ3) is 3.08. The summed E-state index contributed by atoms with van der Waals surface area (Å²) in [5, 5.41) is 0. The van der Waals surface area contributed by atoms with E-state index in [4.69, 9.17) is 0 Å². The van der Waals surface area contributed by atoms with E-state index < -0.39 is 38.4 Å². The molecule has 2 unspecified atom stereocenters. The highest BCUT2D eigenvalue weighted by Gasteiger charge is 2.84. The summed E-state index contributed by atoms with van der Waals surface area (Å²) in [6.07, 6.45) is 0. The van der Waals surface area contributed by atoms with E-state index in [1.165, 1.54) is 23.5 Å². The van der Waals surface area contributed by atoms with Gasteiger partial charge in [-0.25, -0.2) is 0 Å². The average molecular weight is 581 g/mol. The zero-order chi connectivity index (χ0) is 28.9. The smallest absolute Gasteiger partial charge is 0.194 e. The van der Waals surface area contributed by atoms with E-state index in [2.05, 4.69) is 0 Å². The summed E-state index contributed by atoms with van der Waals surface area (Å²) in [4.78, 5) is 1.30. The highest BCUT2D eigenvalue weighted by Crippen LogP contribution is 2.78. The molecule has 2 aromatic carbocycles. The van der Waals surface area contributed by atoms with Gasteiger partial charge in [0.25, 0.3) is 0 Å². The Bertz CT molecular complexity index is 1420. The molecule has 0 spiro atoms. The maximum Gasteiger partial charge on any atom is 0.380 e. The second-order valence-corrected chi connectivity index (χ2v) is 16.3. The first kappa shape index (κ1) is 27.4. The third-order valence-electron chi connectivity index (χ3n) is 8.89.